The summed E-state index contributed by atoms with van der Waals surface area (Å²) in [4.78, 5) is 41.3. The predicted molar refractivity (Wildman–Crippen MR) is 111 cm³/mol. The number of carbonyl (C=O) groups is 3. The van der Waals surface area contributed by atoms with Gasteiger partial charge in [0, 0.05) is 12.1 Å². The standard InChI is InChI=1S/C23H28N2O4/c1-5-29-22(28)15-8-10-24(11-9-15)13-16-12-23(3,4)25-19-17(16)7-6-14(2)18(19)20(26)21(25)27/h6-7,12,15H,5,8-11,13H2,1-4H3. The third kappa shape index (κ3) is 3.19. The van der Waals surface area contributed by atoms with E-state index in [1.54, 1.807) is 4.90 Å². The molecule has 6 heteroatoms. The van der Waals surface area contributed by atoms with Gasteiger partial charge in [0.2, 0.25) is 0 Å². The van der Waals surface area contributed by atoms with Crippen LogP contribution in [0, 0.1) is 12.8 Å². The van der Waals surface area contributed by atoms with Gasteiger partial charge in [0.05, 0.1) is 29.3 Å². The van der Waals surface area contributed by atoms with Gasteiger partial charge in [-0.2, -0.15) is 0 Å². The molecule has 0 unspecified atom stereocenters. The summed E-state index contributed by atoms with van der Waals surface area (Å²) in [5.41, 5.74) is 3.71. The molecule has 0 bridgehead atoms. The summed E-state index contributed by atoms with van der Waals surface area (Å²) in [5.74, 6) is -0.949. The summed E-state index contributed by atoms with van der Waals surface area (Å²) < 4.78 is 5.17. The summed E-state index contributed by atoms with van der Waals surface area (Å²) in [6.07, 6.45) is 3.71. The summed E-state index contributed by atoms with van der Waals surface area (Å²) >= 11 is 0. The van der Waals surface area contributed by atoms with Crippen molar-refractivity contribution >= 4 is 28.9 Å². The van der Waals surface area contributed by atoms with Gasteiger partial charge in [-0.05, 0) is 64.8 Å². The SMILES string of the molecule is CCOC(=O)C1CCN(CC2=CC(C)(C)N3C(=O)C(=O)c4c(C)ccc2c43)CC1. The number of hydrogen-bond donors (Lipinski definition) is 0. The highest BCUT2D eigenvalue weighted by Crippen LogP contribution is 2.46. The number of esters is 1. The Bertz CT molecular complexity index is 923. The first-order chi connectivity index (χ1) is 13.7. The number of anilines is 1. The first kappa shape index (κ1) is 19.8. The van der Waals surface area contributed by atoms with E-state index in [-0.39, 0.29) is 11.9 Å². The molecule has 0 N–H and O–H groups in total. The van der Waals surface area contributed by atoms with E-state index >= 15 is 0 Å². The molecule has 29 heavy (non-hydrogen) atoms. The number of amides is 1. The zero-order chi connectivity index (χ0) is 20.9. The monoisotopic (exact) mass is 396 g/mol. The molecule has 0 saturated carbocycles. The van der Waals surface area contributed by atoms with E-state index in [9.17, 15) is 14.4 Å². The van der Waals surface area contributed by atoms with Crippen molar-refractivity contribution < 1.29 is 19.1 Å². The number of likely N-dealkylation sites (tertiary alicyclic amines) is 1. The second-order valence-corrected chi connectivity index (χ2v) is 8.75. The van der Waals surface area contributed by atoms with Crippen molar-refractivity contribution in [3.8, 4) is 0 Å². The van der Waals surface area contributed by atoms with Crippen LogP contribution in [-0.4, -0.2) is 54.3 Å². The number of aryl methyl sites for hydroxylation is 1. The van der Waals surface area contributed by atoms with E-state index in [1.807, 2.05) is 39.8 Å². The summed E-state index contributed by atoms with van der Waals surface area (Å²) in [6.45, 7) is 10.5. The fourth-order valence-electron chi connectivity index (χ4n) is 4.86. The quantitative estimate of drug-likeness (QED) is 0.578. The Hall–Kier alpha value is -2.47. The Labute approximate surface area is 171 Å². The number of nitrogens with zero attached hydrogens (tertiary/aromatic N) is 2. The second-order valence-electron chi connectivity index (χ2n) is 8.75. The van der Waals surface area contributed by atoms with Crippen LogP contribution in [0.1, 0.15) is 55.1 Å². The minimum absolute atomic E-state index is 0.0164. The molecule has 1 aromatic rings. The number of Topliss-reactive ketones (excluding diaryl/α,β-unsaturated/α-hetero) is 1. The number of rotatable bonds is 4. The Morgan fingerprint density at radius 2 is 1.90 bits per heavy atom. The first-order valence-electron chi connectivity index (χ1n) is 10.4. The van der Waals surface area contributed by atoms with Crippen molar-refractivity contribution in [1.82, 2.24) is 4.90 Å². The highest BCUT2D eigenvalue weighted by atomic mass is 16.5. The lowest BCUT2D eigenvalue weighted by Gasteiger charge is -2.40. The van der Waals surface area contributed by atoms with Gasteiger partial charge < -0.3 is 4.74 Å². The zero-order valence-corrected chi connectivity index (χ0v) is 17.6. The van der Waals surface area contributed by atoms with Gasteiger partial charge in [-0.3, -0.25) is 24.2 Å². The maximum atomic E-state index is 12.7. The molecule has 0 atom stereocenters. The summed E-state index contributed by atoms with van der Waals surface area (Å²) in [5, 5.41) is 0. The normalized spacial score (nSPS) is 21.2. The molecule has 1 saturated heterocycles. The lowest BCUT2D eigenvalue weighted by Crippen LogP contribution is -2.48. The van der Waals surface area contributed by atoms with Gasteiger partial charge in [-0.25, -0.2) is 0 Å². The van der Waals surface area contributed by atoms with E-state index in [1.165, 1.54) is 0 Å². The molecule has 1 fully saturated rings. The molecule has 1 aromatic carbocycles. The van der Waals surface area contributed by atoms with Crippen molar-refractivity contribution in [2.75, 3.05) is 31.1 Å². The molecule has 0 aromatic heterocycles. The summed E-state index contributed by atoms with van der Waals surface area (Å²) in [7, 11) is 0. The van der Waals surface area contributed by atoms with Gasteiger partial charge in [0.1, 0.15) is 0 Å². The van der Waals surface area contributed by atoms with E-state index in [0.717, 1.165) is 54.9 Å². The minimum atomic E-state index is -0.558. The Morgan fingerprint density at radius 1 is 1.21 bits per heavy atom. The zero-order valence-electron chi connectivity index (χ0n) is 17.6. The van der Waals surface area contributed by atoms with E-state index in [2.05, 4.69) is 11.0 Å². The third-order valence-electron chi connectivity index (χ3n) is 6.29. The van der Waals surface area contributed by atoms with Crippen molar-refractivity contribution in [2.24, 2.45) is 5.92 Å². The maximum absolute atomic E-state index is 12.7. The van der Waals surface area contributed by atoms with Gasteiger partial charge in [-0.1, -0.05) is 18.2 Å². The Morgan fingerprint density at radius 3 is 2.55 bits per heavy atom. The molecule has 3 aliphatic heterocycles. The highest BCUT2D eigenvalue weighted by Gasteiger charge is 2.47. The molecule has 154 valence electrons. The number of ether oxygens (including phenoxy) is 1. The average Bonchev–Trinajstić information content (AvgIpc) is 2.94. The molecule has 0 radical (unpaired) electrons. The van der Waals surface area contributed by atoms with Crippen LogP contribution >= 0.6 is 0 Å². The lowest BCUT2D eigenvalue weighted by molar-refractivity contribution is -0.149. The molecule has 4 rings (SSSR count). The molecule has 3 heterocycles. The average molecular weight is 396 g/mol. The maximum Gasteiger partial charge on any atom is 0.309 e. The van der Waals surface area contributed by atoms with E-state index < -0.39 is 17.2 Å². The predicted octanol–water partition coefficient (Wildman–Crippen LogP) is 2.98. The number of ketones is 1. The minimum Gasteiger partial charge on any atom is -0.466 e. The molecular formula is C23H28N2O4. The van der Waals surface area contributed by atoms with Crippen molar-refractivity contribution in [1.29, 1.82) is 0 Å². The van der Waals surface area contributed by atoms with Crippen LogP contribution in [0.5, 0.6) is 0 Å². The smallest absolute Gasteiger partial charge is 0.309 e. The van der Waals surface area contributed by atoms with E-state index in [0.29, 0.717) is 12.2 Å². The highest BCUT2D eigenvalue weighted by molar-refractivity contribution is 6.53. The van der Waals surface area contributed by atoms with Crippen molar-refractivity contribution in [2.45, 2.75) is 46.1 Å². The molecule has 0 spiro atoms. The van der Waals surface area contributed by atoms with Crippen LogP contribution in [-0.2, 0) is 14.3 Å². The number of hydrogen-bond acceptors (Lipinski definition) is 5. The van der Waals surface area contributed by atoms with Crippen LogP contribution in [0.4, 0.5) is 5.69 Å². The Balaban J connectivity index is 1.59. The van der Waals surface area contributed by atoms with Gasteiger partial charge in [0.25, 0.3) is 11.7 Å². The van der Waals surface area contributed by atoms with Gasteiger partial charge >= 0.3 is 5.97 Å². The van der Waals surface area contributed by atoms with Crippen molar-refractivity contribution in [3.05, 3.63) is 34.9 Å². The van der Waals surface area contributed by atoms with Crippen LogP contribution in [0.2, 0.25) is 0 Å². The lowest BCUT2D eigenvalue weighted by atomic mass is 9.86. The molecule has 6 nitrogen and oxygen atoms in total. The van der Waals surface area contributed by atoms with Crippen LogP contribution in [0.25, 0.3) is 5.57 Å². The molecular weight excluding hydrogens is 368 g/mol. The van der Waals surface area contributed by atoms with E-state index in [4.69, 9.17) is 4.74 Å². The second kappa shape index (κ2) is 7.10. The van der Waals surface area contributed by atoms with Crippen LogP contribution in [0.3, 0.4) is 0 Å². The Kier molecular flexibility index (Phi) is 4.85. The summed E-state index contributed by atoms with van der Waals surface area (Å²) in [6, 6.07) is 3.96. The van der Waals surface area contributed by atoms with Gasteiger partial charge in [-0.15, -0.1) is 0 Å². The number of piperidine rings is 1. The first-order valence-corrected chi connectivity index (χ1v) is 10.4. The largest absolute Gasteiger partial charge is 0.466 e. The molecule has 3 aliphatic rings. The fourth-order valence-corrected chi connectivity index (χ4v) is 4.86. The topological polar surface area (TPSA) is 66.9 Å². The third-order valence-corrected chi connectivity index (χ3v) is 6.29. The van der Waals surface area contributed by atoms with Gasteiger partial charge in [0.15, 0.2) is 0 Å². The number of benzene rings is 1. The number of carbonyl (C=O) groups excluding carboxylic acids is 3. The fraction of sp³-hybridized carbons (Fsp3) is 0.522. The van der Waals surface area contributed by atoms with Crippen LogP contribution in [0.15, 0.2) is 18.2 Å². The molecule has 1 amide bonds. The molecule has 0 aliphatic carbocycles. The van der Waals surface area contributed by atoms with Crippen LogP contribution < -0.4 is 4.90 Å². The van der Waals surface area contributed by atoms with Crippen molar-refractivity contribution in [3.63, 3.8) is 0 Å².